The Bertz CT molecular complexity index is 273. The molecule has 4 heteroatoms. The van der Waals surface area contributed by atoms with E-state index < -0.39 is 6.04 Å². The highest BCUT2D eigenvalue weighted by Crippen LogP contribution is 2.19. The summed E-state index contributed by atoms with van der Waals surface area (Å²) < 4.78 is 5.09. The van der Waals surface area contributed by atoms with Crippen molar-refractivity contribution in [2.45, 2.75) is 38.8 Å². The van der Waals surface area contributed by atoms with E-state index in [1.54, 1.807) is 13.8 Å². The molecule has 84 valence electrons. The van der Waals surface area contributed by atoms with Crippen LogP contribution in [0, 0.1) is 0 Å². The van der Waals surface area contributed by atoms with Gasteiger partial charge in [-0.25, -0.2) is 4.79 Å². The summed E-state index contributed by atoms with van der Waals surface area (Å²) >= 11 is 0. The lowest BCUT2D eigenvalue weighted by Crippen LogP contribution is -2.41. The van der Waals surface area contributed by atoms with Crippen LogP contribution in [0.4, 0.5) is 0 Å². The van der Waals surface area contributed by atoms with Gasteiger partial charge in [-0.05, 0) is 32.8 Å². The van der Waals surface area contributed by atoms with E-state index in [1.165, 1.54) is 11.0 Å². The number of nitrogens with zero attached hydrogens (tertiary/aromatic N) is 1. The molecule has 1 saturated heterocycles. The van der Waals surface area contributed by atoms with Crippen molar-refractivity contribution in [2.75, 3.05) is 6.54 Å². The maximum absolute atomic E-state index is 11.6. The summed E-state index contributed by atoms with van der Waals surface area (Å²) in [7, 11) is 0. The van der Waals surface area contributed by atoms with Crippen LogP contribution in [-0.4, -0.2) is 35.5 Å². The van der Waals surface area contributed by atoms with Gasteiger partial charge in [-0.1, -0.05) is 6.58 Å². The average Bonchev–Trinajstić information content (AvgIpc) is 2.63. The molecular weight excluding hydrogens is 194 g/mol. The van der Waals surface area contributed by atoms with E-state index in [9.17, 15) is 9.59 Å². The minimum atomic E-state index is -0.419. The number of rotatable bonds is 3. The molecule has 0 aromatic rings. The third-order valence-corrected chi connectivity index (χ3v) is 2.33. The van der Waals surface area contributed by atoms with Crippen molar-refractivity contribution in [1.82, 2.24) is 4.90 Å². The van der Waals surface area contributed by atoms with Gasteiger partial charge < -0.3 is 9.64 Å². The van der Waals surface area contributed by atoms with Gasteiger partial charge in [0, 0.05) is 6.54 Å². The zero-order valence-corrected chi connectivity index (χ0v) is 9.23. The van der Waals surface area contributed by atoms with E-state index in [4.69, 9.17) is 4.74 Å². The number of carbonyl (C=O) groups excluding carboxylic acids is 2. The molecule has 0 radical (unpaired) electrons. The van der Waals surface area contributed by atoms with Crippen molar-refractivity contribution < 1.29 is 14.3 Å². The molecule has 1 rings (SSSR count). The van der Waals surface area contributed by atoms with Crippen molar-refractivity contribution in [2.24, 2.45) is 0 Å². The Morgan fingerprint density at radius 3 is 2.73 bits per heavy atom. The predicted octanol–water partition coefficient (Wildman–Crippen LogP) is 1.11. The predicted molar refractivity (Wildman–Crippen MR) is 56.2 cm³/mol. The van der Waals surface area contributed by atoms with Crippen LogP contribution in [0.1, 0.15) is 26.7 Å². The monoisotopic (exact) mass is 211 g/mol. The van der Waals surface area contributed by atoms with Gasteiger partial charge in [-0.3, -0.25) is 4.79 Å². The Kier molecular flexibility index (Phi) is 3.88. The van der Waals surface area contributed by atoms with Gasteiger partial charge in [-0.15, -0.1) is 0 Å². The Morgan fingerprint density at radius 2 is 2.20 bits per heavy atom. The molecule has 1 aliphatic heterocycles. The van der Waals surface area contributed by atoms with Crippen LogP contribution in [0.25, 0.3) is 0 Å². The van der Waals surface area contributed by atoms with E-state index in [1.807, 2.05) is 0 Å². The standard InChI is InChI=1S/C11H17NO3/c1-4-10(13)12-7-5-6-9(12)11(14)15-8(2)3/h4,8-9H,1,5-7H2,2-3H3. The molecule has 1 heterocycles. The first-order valence-electron chi connectivity index (χ1n) is 5.19. The van der Waals surface area contributed by atoms with Crippen LogP contribution in [0.3, 0.4) is 0 Å². The first kappa shape index (κ1) is 11.8. The normalized spacial score (nSPS) is 20.5. The van der Waals surface area contributed by atoms with E-state index in [2.05, 4.69) is 6.58 Å². The summed E-state index contributed by atoms with van der Waals surface area (Å²) in [5.74, 6) is -0.504. The average molecular weight is 211 g/mol. The number of carbonyl (C=O) groups is 2. The molecule has 1 fully saturated rings. The van der Waals surface area contributed by atoms with Gasteiger partial charge in [0.05, 0.1) is 6.10 Å². The summed E-state index contributed by atoms with van der Waals surface area (Å²) in [5.41, 5.74) is 0. The molecule has 4 nitrogen and oxygen atoms in total. The molecule has 1 atom stereocenters. The van der Waals surface area contributed by atoms with Gasteiger partial charge in [0.25, 0.3) is 0 Å². The van der Waals surface area contributed by atoms with E-state index >= 15 is 0 Å². The lowest BCUT2D eigenvalue weighted by Gasteiger charge is -2.22. The molecule has 0 aromatic heterocycles. The SMILES string of the molecule is C=CC(=O)N1CCCC1C(=O)OC(C)C. The van der Waals surface area contributed by atoms with Gasteiger partial charge >= 0.3 is 5.97 Å². The molecule has 0 aromatic carbocycles. The summed E-state index contributed by atoms with van der Waals surface area (Å²) in [6.45, 7) is 7.63. The summed E-state index contributed by atoms with van der Waals surface area (Å²) in [6.07, 6.45) is 2.63. The van der Waals surface area contributed by atoms with Crippen LogP contribution in [0.15, 0.2) is 12.7 Å². The summed E-state index contributed by atoms with van der Waals surface area (Å²) in [6, 6.07) is -0.419. The van der Waals surface area contributed by atoms with Crippen molar-refractivity contribution >= 4 is 11.9 Å². The highest BCUT2D eigenvalue weighted by atomic mass is 16.5. The third kappa shape index (κ3) is 2.81. The molecule has 0 bridgehead atoms. The quantitative estimate of drug-likeness (QED) is 0.519. The highest BCUT2D eigenvalue weighted by Gasteiger charge is 2.34. The summed E-state index contributed by atoms with van der Waals surface area (Å²) in [5, 5.41) is 0. The molecule has 0 spiro atoms. The highest BCUT2D eigenvalue weighted by molar-refractivity contribution is 5.91. The number of hydrogen-bond acceptors (Lipinski definition) is 3. The van der Waals surface area contributed by atoms with Crippen LogP contribution in [0.5, 0.6) is 0 Å². The second-order valence-electron chi connectivity index (χ2n) is 3.88. The van der Waals surface area contributed by atoms with Gasteiger partial charge in [0.1, 0.15) is 6.04 Å². The Hall–Kier alpha value is -1.32. The van der Waals surface area contributed by atoms with Crippen molar-refractivity contribution in [3.05, 3.63) is 12.7 Å². The van der Waals surface area contributed by atoms with E-state index in [-0.39, 0.29) is 18.0 Å². The molecule has 15 heavy (non-hydrogen) atoms. The molecular formula is C11H17NO3. The molecule has 0 N–H and O–H groups in total. The number of likely N-dealkylation sites (tertiary alicyclic amines) is 1. The number of ether oxygens (including phenoxy) is 1. The molecule has 0 saturated carbocycles. The molecule has 1 aliphatic rings. The van der Waals surface area contributed by atoms with E-state index in [0.29, 0.717) is 13.0 Å². The Morgan fingerprint density at radius 1 is 1.53 bits per heavy atom. The fourth-order valence-corrected chi connectivity index (χ4v) is 1.70. The summed E-state index contributed by atoms with van der Waals surface area (Å²) in [4.78, 5) is 24.6. The Labute approximate surface area is 89.9 Å². The minimum Gasteiger partial charge on any atom is -0.461 e. The third-order valence-electron chi connectivity index (χ3n) is 2.33. The van der Waals surface area contributed by atoms with E-state index in [0.717, 1.165) is 6.42 Å². The minimum absolute atomic E-state index is 0.140. The van der Waals surface area contributed by atoms with Crippen LogP contribution >= 0.6 is 0 Å². The van der Waals surface area contributed by atoms with Crippen LogP contribution in [0.2, 0.25) is 0 Å². The van der Waals surface area contributed by atoms with Gasteiger partial charge in [-0.2, -0.15) is 0 Å². The molecule has 0 aliphatic carbocycles. The topological polar surface area (TPSA) is 46.6 Å². The van der Waals surface area contributed by atoms with Crippen LogP contribution in [-0.2, 0) is 14.3 Å². The maximum Gasteiger partial charge on any atom is 0.329 e. The van der Waals surface area contributed by atoms with Gasteiger partial charge in [0.2, 0.25) is 5.91 Å². The second kappa shape index (κ2) is 4.96. The fourth-order valence-electron chi connectivity index (χ4n) is 1.70. The fraction of sp³-hybridized carbons (Fsp3) is 0.636. The number of amides is 1. The largest absolute Gasteiger partial charge is 0.461 e. The lowest BCUT2D eigenvalue weighted by atomic mass is 10.2. The number of hydrogen-bond donors (Lipinski definition) is 0. The maximum atomic E-state index is 11.6. The lowest BCUT2D eigenvalue weighted by molar-refractivity contribution is -0.155. The first-order valence-corrected chi connectivity index (χ1v) is 5.19. The van der Waals surface area contributed by atoms with Crippen molar-refractivity contribution in [3.8, 4) is 0 Å². The zero-order valence-electron chi connectivity index (χ0n) is 9.23. The van der Waals surface area contributed by atoms with Gasteiger partial charge in [0.15, 0.2) is 0 Å². The van der Waals surface area contributed by atoms with Crippen LogP contribution < -0.4 is 0 Å². The first-order chi connectivity index (χ1) is 7.06. The van der Waals surface area contributed by atoms with Crippen molar-refractivity contribution in [3.63, 3.8) is 0 Å². The molecule has 1 amide bonds. The zero-order chi connectivity index (χ0) is 11.4. The second-order valence-corrected chi connectivity index (χ2v) is 3.88. The van der Waals surface area contributed by atoms with Crippen molar-refractivity contribution in [1.29, 1.82) is 0 Å². The number of esters is 1. The Balaban J connectivity index is 2.63. The molecule has 1 unspecified atom stereocenters. The smallest absolute Gasteiger partial charge is 0.329 e.